The van der Waals surface area contributed by atoms with Gasteiger partial charge in [-0.25, -0.2) is 0 Å². The maximum Gasteiger partial charge on any atom is 0.417 e. The van der Waals surface area contributed by atoms with Gasteiger partial charge in [0, 0.05) is 30.0 Å². The number of carbonyl (C=O) groups excluding carboxylic acids is 1. The number of alkyl halides is 3. The van der Waals surface area contributed by atoms with Gasteiger partial charge in [-0.2, -0.15) is 13.2 Å². The molecule has 0 aliphatic heterocycles. The molecule has 1 unspecified atom stereocenters. The molecule has 1 aromatic carbocycles. The SMILES string of the molecule is O=C(NC1CCC/C(=C\c2cccc(C3(c4ccc(C(F)(F)F)cn4)CC3)c2)C1)c1cccnc1. The quantitative estimate of drug-likeness (QED) is 0.467. The molecule has 1 N–H and O–H groups in total. The van der Waals surface area contributed by atoms with Crippen LogP contribution in [-0.2, 0) is 11.6 Å². The average Bonchev–Trinajstić information content (AvgIpc) is 3.67. The van der Waals surface area contributed by atoms with Gasteiger partial charge in [-0.05, 0) is 73.9 Å². The minimum atomic E-state index is -4.39. The number of hydrogen-bond acceptors (Lipinski definition) is 3. The van der Waals surface area contributed by atoms with E-state index in [1.807, 2.05) is 18.2 Å². The molecule has 180 valence electrons. The zero-order chi connectivity index (χ0) is 24.5. The molecule has 5 rings (SSSR count). The normalized spacial score (nSPS) is 20.4. The number of amides is 1. The van der Waals surface area contributed by atoms with Crippen molar-refractivity contribution in [3.05, 3.63) is 101 Å². The number of rotatable bonds is 5. The fraction of sp³-hybridized carbons (Fsp3) is 0.321. The van der Waals surface area contributed by atoms with E-state index in [0.29, 0.717) is 11.3 Å². The van der Waals surface area contributed by atoms with Crippen LogP contribution >= 0.6 is 0 Å². The number of nitrogens with one attached hydrogen (secondary N) is 1. The molecule has 0 spiro atoms. The summed E-state index contributed by atoms with van der Waals surface area (Å²) in [6.45, 7) is 0. The summed E-state index contributed by atoms with van der Waals surface area (Å²) in [5.74, 6) is -0.105. The molecule has 0 bridgehead atoms. The summed E-state index contributed by atoms with van der Waals surface area (Å²) < 4.78 is 38.8. The van der Waals surface area contributed by atoms with Crippen molar-refractivity contribution in [1.29, 1.82) is 0 Å². The Kier molecular flexibility index (Phi) is 6.17. The van der Waals surface area contributed by atoms with E-state index in [0.717, 1.165) is 61.9 Å². The van der Waals surface area contributed by atoms with E-state index in [1.54, 1.807) is 24.5 Å². The van der Waals surface area contributed by atoms with E-state index < -0.39 is 11.7 Å². The lowest BCUT2D eigenvalue weighted by Gasteiger charge is -2.25. The standard InChI is InChI=1S/C28H26F3N3O/c29-28(30,31)23-9-10-25(33-18-23)27(11-12-27)22-7-1-4-19(15-22)14-20-5-2-8-24(16-20)34-26(35)21-6-3-13-32-17-21/h1,3-4,6-7,9-10,13-15,17-18,24H,2,5,8,11-12,16H2,(H,34,35)/b20-14+. The van der Waals surface area contributed by atoms with Crippen molar-refractivity contribution >= 4 is 12.0 Å². The summed E-state index contributed by atoms with van der Waals surface area (Å²) in [4.78, 5) is 20.7. The zero-order valence-electron chi connectivity index (χ0n) is 19.2. The molecule has 0 saturated heterocycles. The van der Waals surface area contributed by atoms with Gasteiger partial charge >= 0.3 is 6.18 Å². The summed E-state index contributed by atoms with van der Waals surface area (Å²) in [6.07, 6.45) is 7.40. The Hall–Kier alpha value is -3.48. The van der Waals surface area contributed by atoms with Crippen molar-refractivity contribution in [2.24, 2.45) is 0 Å². The van der Waals surface area contributed by atoms with Crippen molar-refractivity contribution in [2.75, 3.05) is 0 Å². The molecule has 4 nitrogen and oxygen atoms in total. The van der Waals surface area contributed by atoms with E-state index in [-0.39, 0.29) is 17.4 Å². The van der Waals surface area contributed by atoms with E-state index in [1.165, 1.54) is 11.6 Å². The first-order chi connectivity index (χ1) is 16.8. The number of pyridine rings is 2. The lowest BCUT2D eigenvalue weighted by molar-refractivity contribution is -0.137. The van der Waals surface area contributed by atoms with Crippen LogP contribution in [0.15, 0.2) is 72.7 Å². The van der Waals surface area contributed by atoms with Gasteiger partial charge in [0.25, 0.3) is 5.91 Å². The van der Waals surface area contributed by atoms with Crippen molar-refractivity contribution in [2.45, 2.75) is 56.2 Å². The van der Waals surface area contributed by atoms with Crippen molar-refractivity contribution in [1.82, 2.24) is 15.3 Å². The third-order valence-electron chi connectivity index (χ3n) is 6.96. The fourth-order valence-electron chi connectivity index (χ4n) is 4.94. The van der Waals surface area contributed by atoms with Crippen LogP contribution in [0.25, 0.3) is 6.08 Å². The van der Waals surface area contributed by atoms with Crippen molar-refractivity contribution < 1.29 is 18.0 Å². The zero-order valence-corrected chi connectivity index (χ0v) is 19.2. The number of aromatic nitrogens is 2. The highest BCUT2D eigenvalue weighted by molar-refractivity contribution is 5.94. The Morgan fingerprint density at radius 1 is 1.09 bits per heavy atom. The number of halogens is 3. The molecule has 2 aliphatic rings. The Morgan fingerprint density at radius 2 is 1.94 bits per heavy atom. The molecular formula is C28H26F3N3O. The number of hydrogen-bond donors (Lipinski definition) is 1. The van der Waals surface area contributed by atoms with E-state index >= 15 is 0 Å². The van der Waals surface area contributed by atoms with Crippen LogP contribution in [0.1, 0.15) is 71.3 Å². The first-order valence-electron chi connectivity index (χ1n) is 11.9. The summed E-state index contributed by atoms with van der Waals surface area (Å²) in [5, 5.41) is 3.13. The molecule has 35 heavy (non-hydrogen) atoms. The van der Waals surface area contributed by atoms with Gasteiger partial charge in [0.05, 0.1) is 16.8 Å². The van der Waals surface area contributed by atoms with E-state index in [2.05, 4.69) is 27.4 Å². The molecule has 2 aromatic heterocycles. The maximum absolute atomic E-state index is 12.9. The molecule has 0 radical (unpaired) electrons. The molecule has 2 fully saturated rings. The summed E-state index contributed by atoms with van der Waals surface area (Å²) >= 11 is 0. The largest absolute Gasteiger partial charge is 0.417 e. The maximum atomic E-state index is 12.9. The van der Waals surface area contributed by atoms with Gasteiger partial charge in [-0.1, -0.05) is 35.9 Å². The second kappa shape index (κ2) is 9.29. The van der Waals surface area contributed by atoms with Crippen LogP contribution in [0.2, 0.25) is 0 Å². The Morgan fingerprint density at radius 3 is 2.63 bits per heavy atom. The molecule has 1 amide bonds. The lowest BCUT2D eigenvalue weighted by atomic mass is 9.87. The first kappa shape index (κ1) is 23.3. The highest BCUT2D eigenvalue weighted by atomic mass is 19.4. The molecular weight excluding hydrogens is 451 g/mol. The van der Waals surface area contributed by atoms with Crippen LogP contribution in [0, 0.1) is 0 Å². The average molecular weight is 478 g/mol. The predicted molar refractivity (Wildman–Crippen MR) is 128 cm³/mol. The van der Waals surface area contributed by atoms with Gasteiger partial charge in [-0.15, -0.1) is 0 Å². The van der Waals surface area contributed by atoms with Crippen LogP contribution in [-0.4, -0.2) is 21.9 Å². The number of benzene rings is 1. The fourth-order valence-corrected chi connectivity index (χ4v) is 4.94. The van der Waals surface area contributed by atoms with Gasteiger partial charge in [-0.3, -0.25) is 14.8 Å². The Bertz CT molecular complexity index is 1230. The highest BCUT2D eigenvalue weighted by Gasteiger charge is 2.47. The Balaban J connectivity index is 1.31. The third-order valence-corrected chi connectivity index (χ3v) is 6.96. The van der Waals surface area contributed by atoms with Crippen molar-refractivity contribution in [3.8, 4) is 0 Å². The monoisotopic (exact) mass is 477 g/mol. The third kappa shape index (κ3) is 5.14. The smallest absolute Gasteiger partial charge is 0.349 e. The molecule has 3 aromatic rings. The molecule has 1 atom stereocenters. The summed E-state index contributed by atoms with van der Waals surface area (Å²) in [6, 6.07) is 14.4. The van der Waals surface area contributed by atoms with Crippen molar-refractivity contribution in [3.63, 3.8) is 0 Å². The summed E-state index contributed by atoms with van der Waals surface area (Å²) in [5.41, 5.74) is 3.63. The van der Waals surface area contributed by atoms with Crippen LogP contribution in [0.5, 0.6) is 0 Å². The molecule has 2 heterocycles. The van der Waals surface area contributed by atoms with Gasteiger partial charge in [0.1, 0.15) is 0 Å². The minimum absolute atomic E-state index is 0.0806. The van der Waals surface area contributed by atoms with Crippen LogP contribution in [0.4, 0.5) is 13.2 Å². The van der Waals surface area contributed by atoms with Gasteiger partial charge < -0.3 is 5.32 Å². The van der Waals surface area contributed by atoms with Crippen LogP contribution < -0.4 is 5.32 Å². The molecule has 2 saturated carbocycles. The molecule has 7 heteroatoms. The minimum Gasteiger partial charge on any atom is -0.349 e. The predicted octanol–water partition coefficient (Wildman–Crippen LogP) is 6.33. The second-order valence-corrected chi connectivity index (χ2v) is 9.45. The molecule has 2 aliphatic carbocycles. The number of nitrogens with zero attached hydrogens (tertiary/aromatic N) is 2. The Labute approximate surface area is 202 Å². The van der Waals surface area contributed by atoms with E-state index in [9.17, 15) is 18.0 Å². The van der Waals surface area contributed by atoms with Gasteiger partial charge in [0.2, 0.25) is 0 Å². The first-order valence-corrected chi connectivity index (χ1v) is 11.9. The highest BCUT2D eigenvalue weighted by Crippen LogP contribution is 2.53. The second-order valence-electron chi connectivity index (χ2n) is 9.45. The van der Waals surface area contributed by atoms with E-state index in [4.69, 9.17) is 0 Å². The lowest BCUT2D eigenvalue weighted by Crippen LogP contribution is -2.36. The topological polar surface area (TPSA) is 54.9 Å². The van der Waals surface area contributed by atoms with Crippen LogP contribution in [0.3, 0.4) is 0 Å². The van der Waals surface area contributed by atoms with Gasteiger partial charge in [0.15, 0.2) is 0 Å². The number of carbonyl (C=O) groups is 1. The summed E-state index contributed by atoms with van der Waals surface area (Å²) in [7, 11) is 0.